The summed E-state index contributed by atoms with van der Waals surface area (Å²) in [7, 11) is 1.91. The molecule has 96 valence electrons. The first-order chi connectivity index (χ1) is 8.65. The SMILES string of the molecule is Cn1cc(CCNCc2cc(Br)ccc2O)cn1. The first-order valence-corrected chi connectivity index (χ1v) is 6.60. The van der Waals surface area contributed by atoms with E-state index in [-0.39, 0.29) is 0 Å². The van der Waals surface area contributed by atoms with Crippen LogP contribution in [0.15, 0.2) is 35.1 Å². The van der Waals surface area contributed by atoms with Gasteiger partial charge in [-0.05, 0) is 36.7 Å². The zero-order valence-electron chi connectivity index (χ0n) is 10.2. The third-order valence-corrected chi connectivity index (χ3v) is 3.20. The first kappa shape index (κ1) is 13.1. The smallest absolute Gasteiger partial charge is 0.120 e. The molecule has 0 aliphatic carbocycles. The van der Waals surface area contributed by atoms with Gasteiger partial charge in [0.25, 0.3) is 0 Å². The van der Waals surface area contributed by atoms with Crippen LogP contribution in [0.2, 0.25) is 0 Å². The lowest BCUT2D eigenvalue weighted by molar-refractivity contribution is 0.464. The Labute approximate surface area is 115 Å². The average molecular weight is 310 g/mol. The summed E-state index contributed by atoms with van der Waals surface area (Å²) in [5, 5.41) is 17.1. The summed E-state index contributed by atoms with van der Waals surface area (Å²) >= 11 is 3.39. The van der Waals surface area contributed by atoms with Gasteiger partial charge in [0, 0.05) is 29.8 Å². The van der Waals surface area contributed by atoms with Gasteiger partial charge in [-0.2, -0.15) is 5.10 Å². The number of rotatable bonds is 5. The Hall–Kier alpha value is -1.33. The van der Waals surface area contributed by atoms with E-state index in [2.05, 4.69) is 26.3 Å². The van der Waals surface area contributed by atoms with Gasteiger partial charge in [-0.15, -0.1) is 0 Å². The van der Waals surface area contributed by atoms with Crippen LogP contribution in [0.5, 0.6) is 5.75 Å². The highest BCUT2D eigenvalue weighted by atomic mass is 79.9. The number of aryl methyl sites for hydroxylation is 1. The van der Waals surface area contributed by atoms with Gasteiger partial charge < -0.3 is 10.4 Å². The zero-order chi connectivity index (χ0) is 13.0. The second kappa shape index (κ2) is 6.02. The molecule has 0 bridgehead atoms. The summed E-state index contributed by atoms with van der Waals surface area (Å²) < 4.78 is 2.78. The number of phenolic OH excluding ortho intramolecular Hbond substituents is 1. The highest BCUT2D eigenvalue weighted by Crippen LogP contribution is 2.21. The van der Waals surface area contributed by atoms with E-state index in [1.165, 1.54) is 5.56 Å². The Balaban J connectivity index is 1.80. The van der Waals surface area contributed by atoms with Gasteiger partial charge in [0.15, 0.2) is 0 Å². The van der Waals surface area contributed by atoms with Crippen LogP contribution in [0.25, 0.3) is 0 Å². The number of halogens is 1. The highest BCUT2D eigenvalue weighted by Gasteiger charge is 2.01. The number of aromatic nitrogens is 2. The van der Waals surface area contributed by atoms with Crippen molar-refractivity contribution >= 4 is 15.9 Å². The topological polar surface area (TPSA) is 50.1 Å². The number of aromatic hydroxyl groups is 1. The molecule has 2 N–H and O–H groups in total. The maximum absolute atomic E-state index is 9.68. The van der Waals surface area contributed by atoms with E-state index in [4.69, 9.17) is 0 Å². The van der Waals surface area contributed by atoms with E-state index >= 15 is 0 Å². The van der Waals surface area contributed by atoms with Crippen LogP contribution in [0.3, 0.4) is 0 Å². The minimum absolute atomic E-state index is 0.326. The summed E-state index contributed by atoms with van der Waals surface area (Å²) in [5.41, 5.74) is 2.11. The Morgan fingerprint density at radius 3 is 3.00 bits per heavy atom. The Bertz CT molecular complexity index is 525. The van der Waals surface area contributed by atoms with Crippen LogP contribution in [0, 0.1) is 0 Å². The van der Waals surface area contributed by atoms with Gasteiger partial charge in [0.2, 0.25) is 0 Å². The number of nitrogens with one attached hydrogen (secondary N) is 1. The molecular formula is C13H16BrN3O. The lowest BCUT2D eigenvalue weighted by atomic mass is 10.2. The van der Waals surface area contributed by atoms with Crippen LogP contribution in [0.4, 0.5) is 0 Å². The monoisotopic (exact) mass is 309 g/mol. The molecule has 1 aromatic carbocycles. The minimum atomic E-state index is 0.326. The fourth-order valence-electron chi connectivity index (χ4n) is 1.75. The lowest BCUT2D eigenvalue weighted by Crippen LogP contribution is -2.16. The van der Waals surface area contributed by atoms with Crippen LogP contribution in [-0.2, 0) is 20.0 Å². The summed E-state index contributed by atoms with van der Waals surface area (Å²) in [5.74, 6) is 0.326. The third kappa shape index (κ3) is 3.58. The summed E-state index contributed by atoms with van der Waals surface area (Å²) in [6, 6.07) is 5.45. The molecule has 0 radical (unpaired) electrons. The molecule has 0 atom stereocenters. The van der Waals surface area contributed by atoms with Gasteiger partial charge in [-0.3, -0.25) is 4.68 Å². The average Bonchev–Trinajstić information content (AvgIpc) is 2.75. The molecule has 4 nitrogen and oxygen atoms in total. The second-order valence-electron chi connectivity index (χ2n) is 4.22. The lowest BCUT2D eigenvalue weighted by Gasteiger charge is -2.06. The largest absolute Gasteiger partial charge is 0.508 e. The van der Waals surface area contributed by atoms with E-state index in [0.29, 0.717) is 12.3 Å². The van der Waals surface area contributed by atoms with Gasteiger partial charge in [0.1, 0.15) is 5.75 Å². The van der Waals surface area contributed by atoms with Crippen LogP contribution in [0.1, 0.15) is 11.1 Å². The molecule has 0 aliphatic heterocycles. The molecule has 0 amide bonds. The molecule has 5 heteroatoms. The number of hydrogen-bond acceptors (Lipinski definition) is 3. The predicted molar refractivity (Wildman–Crippen MR) is 74.4 cm³/mol. The Kier molecular flexibility index (Phi) is 4.38. The van der Waals surface area contributed by atoms with E-state index in [9.17, 15) is 5.11 Å². The standard InChI is InChI=1S/C13H16BrN3O/c1-17-9-10(7-16-17)4-5-15-8-11-6-12(14)2-3-13(11)18/h2-3,6-7,9,15,18H,4-5,8H2,1H3. The molecule has 0 unspecified atom stereocenters. The molecule has 2 aromatic rings. The molecule has 0 aliphatic rings. The zero-order valence-corrected chi connectivity index (χ0v) is 11.8. The van der Waals surface area contributed by atoms with Crippen LogP contribution < -0.4 is 5.32 Å². The van der Waals surface area contributed by atoms with Gasteiger partial charge in [0.05, 0.1) is 6.20 Å². The van der Waals surface area contributed by atoms with Crippen molar-refractivity contribution in [2.75, 3.05) is 6.54 Å². The van der Waals surface area contributed by atoms with Gasteiger partial charge in [-0.25, -0.2) is 0 Å². The van der Waals surface area contributed by atoms with Crippen molar-refractivity contribution in [2.24, 2.45) is 7.05 Å². The van der Waals surface area contributed by atoms with Crippen LogP contribution >= 0.6 is 15.9 Å². The number of hydrogen-bond donors (Lipinski definition) is 2. The van der Waals surface area contributed by atoms with Crippen molar-refractivity contribution in [3.63, 3.8) is 0 Å². The van der Waals surface area contributed by atoms with Crippen molar-refractivity contribution in [2.45, 2.75) is 13.0 Å². The Morgan fingerprint density at radius 2 is 2.28 bits per heavy atom. The van der Waals surface area contributed by atoms with Gasteiger partial charge in [-0.1, -0.05) is 15.9 Å². The van der Waals surface area contributed by atoms with E-state index in [0.717, 1.165) is 23.0 Å². The molecule has 0 saturated heterocycles. The molecule has 0 fully saturated rings. The predicted octanol–water partition coefficient (Wildman–Crippen LogP) is 2.22. The molecule has 1 aromatic heterocycles. The summed E-state index contributed by atoms with van der Waals surface area (Å²) in [6.45, 7) is 1.52. The fourth-order valence-corrected chi connectivity index (χ4v) is 2.16. The first-order valence-electron chi connectivity index (χ1n) is 5.81. The highest BCUT2D eigenvalue weighted by molar-refractivity contribution is 9.10. The maximum atomic E-state index is 9.68. The van der Waals surface area contributed by atoms with E-state index < -0.39 is 0 Å². The minimum Gasteiger partial charge on any atom is -0.508 e. The van der Waals surface area contributed by atoms with Crippen molar-refractivity contribution < 1.29 is 5.11 Å². The molecule has 2 rings (SSSR count). The third-order valence-electron chi connectivity index (χ3n) is 2.71. The second-order valence-corrected chi connectivity index (χ2v) is 5.14. The van der Waals surface area contributed by atoms with Crippen molar-refractivity contribution in [1.29, 1.82) is 0 Å². The van der Waals surface area contributed by atoms with Gasteiger partial charge >= 0.3 is 0 Å². The molecule has 18 heavy (non-hydrogen) atoms. The number of benzene rings is 1. The number of phenols is 1. The molecular weight excluding hydrogens is 294 g/mol. The molecule has 0 spiro atoms. The number of nitrogens with zero attached hydrogens (tertiary/aromatic N) is 2. The quantitative estimate of drug-likeness (QED) is 0.833. The summed E-state index contributed by atoms with van der Waals surface area (Å²) in [4.78, 5) is 0. The van der Waals surface area contributed by atoms with Crippen LogP contribution in [-0.4, -0.2) is 21.4 Å². The molecule has 0 saturated carbocycles. The van der Waals surface area contributed by atoms with Crippen molar-refractivity contribution in [3.8, 4) is 5.75 Å². The van der Waals surface area contributed by atoms with E-state index in [1.807, 2.05) is 31.6 Å². The van der Waals surface area contributed by atoms with Crippen molar-refractivity contribution in [1.82, 2.24) is 15.1 Å². The fraction of sp³-hybridized carbons (Fsp3) is 0.308. The Morgan fingerprint density at radius 1 is 1.44 bits per heavy atom. The normalized spacial score (nSPS) is 10.8. The van der Waals surface area contributed by atoms with Crippen molar-refractivity contribution in [3.05, 3.63) is 46.2 Å². The summed E-state index contributed by atoms with van der Waals surface area (Å²) in [6.07, 6.45) is 4.82. The molecule has 1 heterocycles. The maximum Gasteiger partial charge on any atom is 0.120 e. The van der Waals surface area contributed by atoms with E-state index in [1.54, 1.807) is 10.7 Å².